The van der Waals surface area contributed by atoms with Gasteiger partial charge in [-0.2, -0.15) is 0 Å². The highest BCUT2D eigenvalue weighted by Crippen LogP contribution is 2.24. The molecule has 0 unspecified atom stereocenters. The Morgan fingerprint density at radius 3 is 2.43 bits per heavy atom. The number of benzene rings is 2. The summed E-state index contributed by atoms with van der Waals surface area (Å²) in [7, 11) is 0. The van der Waals surface area contributed by atoms with Crippen molar-refractivity contribution < 1.29 is 14.3 Å². The largest absolute Gasteiger partial charge is 0.484 e. The van der Waals surface area contributed by atoms with Crippen molar-refractivity contribution in [1.29, 1.82) is 0 Å². The lowest BCUT2D eigenvalue weighted by Gasteiger charge is -2.30. The standard InChI is InChI=1S/C22H25Cl2IN2O3/c1-3-11-26-22(29)20(4-2)27(13-15-5-6-16(23)12-19(15)24)21(28)14-30-18-9-7-17(25)8-10-18/h5-10,12,20H,3-4,11,13-14H2,1-2H3,(H,26,29)/t20-/m0/s1. The molecular weight excluding hydrogens is 538 g/mol. The first-order valence-corrected chi connectivity index (χ1v) is 11.6. The van der Waals surface area contributed by atoms with E-state index >= 15 is 0 Å². The summed E-state index contributed by atoms with van der Waals surface area (Å²) in [5.41, 5.74) is 0.713. The molecule has 0 spiro atoms. The number of rotatable bonds is 10. The van der Waals surface area contributed by atoms with E-state index in [4.69, 9.17) is 27.9 Å². The SMILES string of the molecule is CCCNC(=O)[C@H](CC)N(Cc1ccc(Cl)cc1Cl)C(=O)COc1ccc(I)cc1. The lowest BCUT2D eigenvalue weighted by atomic mass is 10.1. The first-order valence-electron chi connectivity index (χ1n) is 9.75. The molecular formula is C22H25Cl2IN2O3. The Morgan fingerprint density at radius 1 is 1.13 bits per heavy atom. The summed E-state index contributed by atoms with van der Waals surface area (Å²) in [6.07, 6.45) is 1.28. The second-order valence-electron chi connectivity index (χ2n) is 6.72. The van der Waals surface area contributed by atoms with Crippen LogP contribution in [0.25, 0.3) is 0 Å². The molecule has 0 aliphatic carbocycles. The van der Waals surface area contributed by atoms with Gasteiger partial charge in [0.15, 0.2) is 6.61 Å². The van der Waals surface area contributed by atoms with E-state index in [-0.39, 0.29) is 25.0 Å². The zero-order valence-corrected chi connectivity index (χ0v) is 20.6. The first-order chi connectivity index (χ1) is 14.3. The maximum absolute atomic E-state index is 13.1. The molecule has 2 aromatic carbocycles. The third-order valence-corrected chi connectivity index (χ3v) is 5.77. The third kappa shape index (κ3) is 7.32. The van der Waals surface area contributed by atoms with Crippen LogP contribution in [0.15, 0.2) is 42.5 Å². The van der Waals surface area contributed by atoms with E-state index in [2.05, 4.69) is 27.9 Å². The smallest absolute Gasteiger partial charge is 0.261 e. The van der Waals surface area contributed by atoms with Crippen molar-refractivity contribution in [2.75, 3.05) is 13.2 Å². The van der Waals surface area contributed by atoms with Gasteiger partial charge in [-0.1, -0.05) is 43.1 Å². The van der Waals surface area contributed by atoms with Crippen LogP contribution in [0.4, 0.5) is 0 Å². The summed E-state index contributed by atoms with van der Waals surface area (Å²) in [5, 5.41) is 3.84. The van der Waals surface area contributed by atoms with Crippen LogP contribution in [0.5, 0.6) is 5.75 Å². The van der Waals surface area contributed by atoms with Gasteiger partial charge in [0.2, 0.25) is 5.91 Å². The van der Waals surface area contributed by atoms with Gasteiger partial charge in [-0.05, 0) is 77.4 Å². The maximum atomic E-state index is 13.1. The van der Waals surface area contributed by atoms with Crippen molar-refractivity contribution in [3.63, 3.8) is 0 Å². The van der Waals surface area contributed by atoms with Gasteiger partial charge in [0.05, 0.1) is 0 Å². The van der Waals surface area contributed by atoms with Crippen molar-refractivity contribution in [2.45, 2.75) is 39.3 Å². The lowest BCUT2D eigenvalue weighted by molar-refractivity contribution is -0.143. The van der Waals surface area contributed by atoms with Crippen LogP contribution in [0.2, 0.25) is 10.0 Å². The highest BCUT2D eigenvalue weighted by atomic mass is 127. The van der Waals surface area contributed by atoms with E-state index in [1.807, 2.05) is 26.0 Å². The number of hydrogen-bond acceptors (Lipinski definition) is 3. The number of nitrogens with zero attached hydrogens (tertiary/aromatic N) is 1. The van der Waals surface area contributed by atoms with Gasteiger partial charge in [0.25, 0.3) is 5.91 Å². The Labute approximate surface area is 201 Å². The quantitative estimate of drug-likeness (QED) is 0.399. The zero-order valence-electron chi connectivity index (χ0n) is 17.0. The Hall–Kier alpha value is -1.51. The Kier molecular flexibility index (Phi) is 10.2. The summed E-state index contributed by atoms with van der Waals surface area (Å²) in [4.78, 5) is 27.3. The van der Waals surface area contributed by atoms with Gasteiger partial charge in [-0.25, -0.2) is 0 Å². The topological polar surface area (TPSA) is 58.6 Å². The number of carbonyl (C=O) groups excluding carboxylic acids is 2. The molecule has 1 atom stereocenters. The minimum Gasteiger partial charge on any atom is -0.484 e. The van der Waals surface area contributed by atoms with Crippen LogP contribution >= 0.6 is 45.8 Å². The minimum atomic E-state index is -0.629. The molecule has 0 saturated heterocycles. The molecule has 5 nitrogen and oxygen atoms in total. The van der Waals surface area contributed by atoms with E-state index in [9.17, 15) is 9.59 Å². The zero-order chi connectivity index (χ0) is 22.1. The molecule has 2 aromatic rings. The monoisotopic (exact) mass is 562 g/mol. The van der Waals surface area contributed by atoms with Crippen LogP contribution in [-0.4, -0.2) is 35.9 Å². The highest BCUT2D eigenvalue weighted by molar-refractivity contribution is 14.1. The third-order valence-electron chi connectivity index (χ3n) is 4.47. The number of carbonyl (C=O) groups is 2. The van der Waals surface area contributed by atoms with E-state index in [1.54, 1.807) is 30.3 Å². The molecule has 0 aromatic heterocycles. The molecule has 0 fully saturated rings. The first kappa shape index (κ1) is 24.8. The minimum absolute atomic E-state index is 0.177. The second kappa shape index (κ2) is 12.4. The predicted octanol–water partition coefficient (Wildman–Crippen LogP) is 5.31. The average Bonchev–Trinajstić information content (AvgIpc) is 2.73. The molecule has 1 N–H and O–H groups in total. The fraction of sp³-hybridized carbons (Fsp3) is 0.364. The Bertz CT molecular complexity index is 862. The van der Waals surface area contributed by atoms with Crippen LogP contribution in [0, 0.1) is 3.57 Å². The normalized spacial score (nSPS) is 11.6. The molecule has 0 heterocycles. The maximum Gasteiger partial charge on any atom is 0.261 e. The second-order valence-corrected chi connectivity index (χ2v) is 8.80. The van der Waals surface area contributed by atoms with Crippen LogP contribution in [0.1, 0.15) is 32.3 Å². The molecule has 8 heteroatoms. The highest BCUT2D eigenvalue weighted by Gasteiger charge is 2.29. The van der Waals surface area contributed by atoms with Crippen LogP contribution in [-0.2, 0) is 16.1 Å². The number of hydrogen-bond donors (Lipinski definition) is 1. The van der Waals surface area contributed by atoms with Gasteiger partial charge in [0, 0.05) is 26.7 Å². The fourth-order valence-electron chi connectivity index (χ4n) is 2.88. The Balaban J connectivity index is 2.22. The van der Waals surface area contributed by atoms with Crippen molar-refractivity contribution in [2.24, 2.45) is 0 Å². The van der Waals surface area contributed by atoms with Crippen molar-refractivity contribution in [3.8, 4) is 5.75 Å². The van der Waals surface area contributed by atoms with E-state index < -0.39 is 6.04 Å². The molecule has 0 bridgehead atoms. The molecule has 0 saturated carbocycles. The van der Waals surface area contributed by atoms with Crippen molar-refractivity contribution >= 4 is 57.6 Å². The van der Waals surface area contributed by atoms with Crippen molar-refractivity contribution in [3.05, 3.63) is 61.6 Å². The number of amides is 2. The average molecular weight is 563 g/mol. The van der Waals surface area contributed by atoms with Crippen LogP contribution < -0.4 is 10.1 Å². The van der Waals surface area contributed by atoms with Gasteiger partial charge in [-0.15, -0.1) is 0 Å². The molecule has 0 radical (unpaired) electrons. The molecule has 162 valence electrons. The molecule has 2 rings (SSSR count). The molecule has 0 aliphatic heterocycles. The summed E-state index contributed by atoms with van der Waals surface area (Å²) < 4.78 is 6.74. The van der Waals surface area contributed by atoms with Crippen molar-refractivity contribution in [1.82, 2.24) is 10.2 Å². The van der Waals surface area contributed by atoms with E-state index in [1.165, 1.54) is 4.90 Å². The molecule has 30 heavy (non-hydrogen) atoms. The number of nitrogens with one attached hydrogen (secondary N) is 1. The summed E-state index contributed by atoms with van der Waals surface area (Å²) in [6, 6.07) is 11.9. The van der Waals surface area contributed by atoms with E-state index in [0.29, 0.717) is 34.3 Å². The predicted molar refractivity (Wildman–Crippen MR) is 129 cm³/mol. The van der Waals surface area contributed by atoms with Crippen LogP contribution in [0.3, 0.4) is 0 Å². The summed E-state index contributed by atoms with van der Waals surface area (Å²) >= 11 is 14.5. The number of ether oxygens (including phenoxy) is 1. The molecule has 2 amide bonds. The molecule has 0 aliphatic rings. The van der Waals surface area contributed by atoms with Gasteiger partial charge in [-0.3, -0.25) is 9.59 Å². The lowest BCUT2D eigenvalue weighted by Crippen LogP contribution is -2.50. The fourth-order valence-corrected chi connectivity index (χ4v) is 3.71. The summed E-state index contributed by atoms with van der Waals surface area (Å²) in [5.74, 6) is 0.113. The van der Waals surface area contributed by atoms with Gasteiger partial charge >= 0.3 is 0 Å². The van der Waals surface area contributed by atoms with Gasteiger partial charge in [0.1, 0.15) is 11.8 Å². The Morgan fingerprint density at radius 2 is 1.83 bits per heavy atom. The van der Waals surface area contributed by atoms with Gasteiger partial charge < -0.3 is 15.0 Å². The van der Waals surface area contributed by atoms with E-state index in [0.717, 1.165) is 9.99 Å². The summed E-state index contributed by atoms with van der Waals surface area (Å²) in [6.45, 7) is 4.41. The number of halogens is 3.